The molecule has 1 aliphatic rings. The van der Waals surface area contributed by atoms with Gasteiger partial charge in [0.2, 0.25) is 0 Å². The van der Waals surface area contributed by atoms with Crippen molar-refractivity contribution in [1.29, 1.82) is 0 Å². The number of nitrogens with two attached hydrogens (primary N) is 1. The Morgan fingerprint density at radius 2 is 2.00 bits per heavy atom. The van der Waals surface area contributed by atoms with Crippen LogP contribution in [-0.4, -0.2) is 16.7 Å². The number of aryl methyl sites for hydroxylation is 1. The third-order valence-electron chi connectivity index (χ3n) is 4.32. The quantitative estimate of drug-likeness (QED) is 0.644. The highest BCUT2D eigenvalue weighted by atomic mass is 32.1. The minimum atomic E-state index is -0.550. The first-order valence-corrected chi connectivity index (χ1v) is 8.68. The van der Waals surface area contributed by atoms with Gasteiger partial charge in [0.15, 0.2) is 0 Å². The van der Waals surface area contributed by atoms with Crippen molar-refractivity contribution in [3.05, 3.63) is 55.9 Å². The minimum absolute atomic E-state index is 0.0880. The fraction of sp³-hybridized carbons (Fsp3) is 0.294. The monoisotopic (exact) mass is 359 g/mol. The summed E-state index contributed by atoms with van der Waals surface area (Å²) in [7, 11) is 0. The van der Waals surface area contributed by atoms with Crippen LogP contribution in [-0.2, 0) is 12.8 Å². The number of non-ortho nitro benzene ring substituents is 1. The van der Waals surface area contributed by atoms with Gasteiger partial charge < -0.3 is 11.1 Å². The first-order chi connectivity index (χ1) is 11.9. The first-order valence-electron chi connectivity index (χ1n) is 7.87. The number of benzene rings is 1. The Morgan fingerprint density at radius 1 is 1.32 bits per heavy atom. The van der Waals surface area contributed by atoms with E-state index in [4.69, 9.17) is 5.73 Å². The Kier molecular flexibility index (Phi) is 4.54. The smallest absolute Gasteiger partial charge is 0.269 e. The maximum absolute atomic E-state index is 12.4. The number of nitro groups is 1. The number of nitrogens with one attached hydrogen (secondary N) is 1. The zero-order valence-corrected chi connectivity index (χ0v) is 14.4. The second-order valence-electron chi connectivity index (χ2n) is 6.18. The highest BCUT2D eigenvalue weighted by Gasteiger charge is 2.27. The van der Waals surface area contributed by atoms with E-state index in [1.807, 2.05) is 0 Å². The molecule has 0 bridgehead atoms. The van der Waals surface area contributed by atoms with Gasteiger partial charge in [-0.05, 0) is 42.9 Å². The van der Waals surface area contributed by atoms with Gasteiger partial charge in [0.05, 0.1) is 10.5 Å². The van der Waals surface area contributed by atoms with E-state index in [9.17, 15) is 19.7 Å². The van der Waals surface area contributed by atoms with Gasteiger partial charge in [0.1, 0.15) is 5.00 Å². The number of nitrogens with zero attached hydrogens (tertiary/aromatic N) is 1. The lowest BCUT2D eigenvalue weighted by Gasteiger charge is -2.18. The number of hydrogen-bond acceptors (Lipinski definition) is 5. The molecule has 0 spiro atoms. The lowest BCUT2D eigenvalue weighted by Crippen LogP contribution is -2.19. The van der Waals surface area contributed by atoms with E-state index in [-0.39, 0.29) is 11.3 Å². The molecule has 1 atom stereocenters. The average Bonchev–Trinajstić information content (AvgIpc) is 2.91. The molecule has 0 aliphatic heterocycles. The van der Waals surface area contributed by atoms with Gasteiger partial charge in [-0.25, -0.2) is 0 Å². The summed E-state index contributed by atoms with van der Waals surface area (Å²) in [6.07, 6.45) is 2.69. The van der Waals surface area contributed by atoms with E-state index in [2.05, 4.69) is 12.2 Å². The summed E-state index contributed by atoms with van der Waals surface area (Å²) in [5.74, 6) is -0.506. The maximum Gasteiger partial charge on any atom is 0.269 e. The number of carbonyl (C=O) groups excluding carboxylic acids is 2. The van der Waals surface area contributed by atoms with Gasteiger partial charge in [-0.15, -0.1) is 11.3 Å². The van der Waals surface area contributed by atoms with Crippen LogP contribution in [0.25, 0.3) is 0 Å². The third kappa shape index (κ3) is 3.39. The van der Waals surface area contributed by atoms with Gasteiger partial charge in [-0.3, -0.25) is 19.7 Å². The summed E-state index contributed by atoms with van der Waals surface area (Å²) in [6.45, 7) is 2.13. The molecule has 8 heteroatoms. The topological polar surface area (TPSA) is 115 Å². The summed E-state index contributed by atoms with van der Waals surface area (Å²) in [5.41, 5.74) is 7.06. The SMILES string of the molecule is C[C@@H]1CCc2sc(NC(=O)c3ccc([N+](=O)[O-])cc3)c(C(N)=O)c2C1. The second-order valence-corrected chi connectivity index (χ2v) is 7.28. The molecule has 25 heavy (non-hydrogen) atoms. The number of primary amides is 1. The average molecular weight is 359 g/mol. The van der Waals surface area contributed by atoms with Crippen molar-refractivity contribution in [1.82, 2.24) is 0 Å². The Hall–Kier alpha value is -2.74. The van der Waals surface area contributed by atoms with E-state index in [1.165, 1.54) is 35.6 Å². The largest absolute Gasteiger partial charge is 0.365 e. The van der Waals surface area contributed by atoms with Crippen molar-refractivity contribution in [2.45, 2.75) is 26.2 Å². The highest BCUT2D eigenvalue weighted by molar-refractivity contribution is 7.17. The lowest BCUT2D eigenvalue weighted by molar-refractivity contribution is -0.384. The van der Waals surface area contributed by atoms with Crippen LogP contribution in [0.5, 0.6) is 0 Å². The number of amides is 2. The van der Waals surface area contributed by atoms with E-state index >= 15 is 0 Å². The van der Waals surface area contributed by atoms with Crippen LogP contribution >= 0.6 is 11.3 Å². The zero-order valence-electron chi connectivity index (χ0n) is 13.6. The van der Waals surface area contributed by atoms with Crippen LogP contribution in [0.4, 0.5) is 10.7 Å². The Balaban J connectivity index is 1.88. The van der Waals surface area contributed by atoms with Crippen LogP contribution < -0.4 is 11.1 Å². The fourth-order valence-electron chi connectivity index (χ4n) is 3.02. The number of nitro benzene ring substituents is 1. The molecule has 0 unspecified atom stereocenters. The van der Waals surface area contributed by atoms with E-state index < -0.39 is 16.7 Å². The first kappa shape index (κ1) is 17.1. The van der Waals surface area contributed by atoms with Gasteiger partial charge in [0.25, 0.3) is 17.5 Å². The Morgan fingerprint density at radius 3 is 2.60 bits per heavy atom. The van der Waals surface area contributed by atoms with Crippen molar-refractivity contribution >= 4 is 33.8 Å². The zero-order chi connectivity index (χ0) is 18.1. The molecule has 0 radical (unpaired) electrons. The Labute approximate surface area is 148 Å². The number of hydrogen-bond donors (Lipinski definition) is 2. The Bertz CT molecular complexity index is 858. The minimum Gasteiger partial charge on any atom is -0.365 e. The number of carbonyl (C=O) groups is 2. The van der Waals surface area contributed by atoms with Crippen molar-refractivity contribution in [3.8, 4) is 0 Å². The van der Waals surface area contributed by atoms with Crippen molar-refractivity contribution in [3.63, 3.8) is 0 Å². The maximum atomic E-state index is 12.4. The number of rotatable bonds is 4. The summed E-state index contributed by atoms with van der Waals surface area (Å²) in [4.78, 5) is 35.6. The summed E-state index contributed by atoms with van der Waals surface area (Å²) in [5, 5.41) is 13.9. The van der Waals surface area contributed by atoms with Crippen LogP contribution in [0, 0.1) is 16.0 Å². The van der Waals surface area contributed by atoms with Crippen LogP contribution in [0.3, 0.4) is 0 Å². The van der Waals surface area contributed by atoms with Gasteiger partial charge in [-0.2, -0.15) is 0 Å². The normalized spacial score (nSPS) is 16.1. The van der Waals surface area contributed by atoms with E-state index in [0.717, 1.165) is 29.7 Å². The summed E-state index contributed by atoms with van der Waals surface area (Å²) in [6, 6.07) is 5.30. The van der Waals surface area contributed by atoms with Crippen LogP contribution in [0.1, 0.15) is 44.5 Å². The van der Waals surface area contributed by atoms with Gasteiger partial charge in [0, 0.05) is 22.6 Å². The molecule has 0 saturated heterocycles. The van der Waals surface area contributed by atoms with Crippen LogP contribution in [0.2, 0.25) is 0 Å². The summed E-state index contributed by atoms with van der Waals surface area (Å²) < 4.78 is 0. The molecule has 1 aromatic carbocycles. The lowest BCUT2D eigenvalue weighted by atomic mass is 9.87. The van der Waals surface area contributed by atoms with Crippen molar-refractivity contribution in [2.75, 3.05) is 5.32 Å². The molecular formula is C17H17N3O4S. The fourth-order valence-corrected chi connectivity index (χ4v) is 4.26. The standard InChI is InChI=1S/C17H17N3O4S/c1-9-2-7-13-12(8-9)14(15(18)21)17(25-13)19-16(22)10-3-5-11(6-4-10)20(23)24/h3-6,9H,2,7-8H2,1H3,(H2,18,21)(H,19,22)/t9-/m1/s1. The molecule has 3 N–H and O–H groups in total. The third-order valence-corrected chi connectivity index (χ3v) is 5.53. The number of fused-ring (bicyclic) bond motifs is 1. The molecule has 130 valence electrons. The molecule has 2 aromatic rings. The molecule has 1 heterocycles. The van der Waals surface area contributed by atoms with Crippen LogP contribution in [0.15, 0.2) is 24.3 Å². The van der Waals surface area contributed by atoms with E-state index in [1.54, 1.807) is 0 Å². The molecular weight excluding hydrogens is 342 g/mol. The molecule has 1 aromatic heterocycles. The van der Waals surface area contributed by atoms with Gasteiger partial charge >= 0.3 is 0 Å². The van der Waals surface area contributed by atoms with Crippen molar-refractivity contribution in [2.24, 2.45) is 11.7 Å². The predicted octanol–water partition coefficient (Wildman–Crippen LogP) is 3.13. The molecule has 1 aliphatic carbocycles. The molecule has 2 amide bonds. The molecule has 7 nitrogen and oxygen atoms in total. The highest BCUT2D eigenvalue weighted by Crippen LogP contribution is 2.39. The van der Waals surface area contributed by atoms with Gasteiger partial charge in [-0.1, -0.05) is 6.92 Å². The number of anilines is 1. The second kappa shape index (κ2) is 6.64. The molecule has 0 fully saturated rings. The van der Waals surface area contributed by atoms with Crippen molar-refractivity contribution < 1.29 is 14.5 Å². The molecule has 3 rings (SSSR count). The number of thiophene rings is 1. The summed E-state index contributed by atoms with van der Waals surface area (Å²) >= 11 is 1.38. The van der Waals surface area contributed by atoms with E-state index in [0.29, 0.717) is 16.5 Å². The molecule has 0 saturated carbocycles. The predicted molar refractivity (Wildman–Crippen MR) is 95.1 cm³/mol.